The molecule has 0 saturated carbocycles. The van der Waals surface area contributed by atoms with E-state index in [1.54, 1.807) is 0 Å². The lowest BCUT2D eigenvalue weighted by atomic mass is 9.89. The minimum absolute atomic E-state index is 0.0416. The fourth-order valence-electron chi connectivity index (χ4n) is 3.65. The third kappa shape index (κ3) is 6.71. The maximum Gasteiger partial charge on any atom is 0.411 e. The van der Waals surface area contributed by atoms with Crippen molar-refractivity contribution in [1.29, 1.82) is 0 Å². The minimum atomic E-state index is -0.540. The third-order valence-electron chi connectivity index (χ3n) is 4.80. The van der Waals surface area contributed by atoms with E-state index in [0.29, 0.717) is 12.1 Å². The van der Waals surface area contributed by atoms with Gasteiger partial charge in [-0.25, -0.2) is 9.80 Å². The molecule has 0 aromatic heterocycles. The van der Waals surface area contributed by atoms with E-state index in [9.17, 15) is 4.79 Å². The number of allylic oxidation sites excluding steroid dienone is 1. The fourth-order valence-corrected chi connectivity index (χ4v) is 3.65. The Bertz CT molecular complexity index is 805. The van der Waals surface area contributed by atoms with E-state index in [4.69, 9.17) is 4.74 Å². The van der Waals surface area contributed by atoms with Gasteiger partial charge < -0.3 is 4.74 Å². The number of carbonyl (C=O) groups excluding carboxylic acids is 1. The van der Waals surface area contributed by atoms with Crippen LogP contribution in [-0.2, 0) is 4.74 Å². The van der Waals surface area contributed by atoms with Gasteiger partial charge in [0, 0.05) is 24.7 Å². The molecule has 1 amide bonds. The molecule has 1 aromatic rings. The Balaban J connectivity index is 2.09. The average molecular weight is 410 g/mol. The lowest BCUT2D eigenvalue weighted by Crippen LogP contribution is -2.49. The van der Waals surface area contributed by atoms with Crippen LogP contribution >= 0.6 is 0 Å². The van der Waals surface area contributed by atoms with Crippen LogP contribution in [0.1, 0.15) is 52.1 Å². The quantitative estimate of drug-likeness (QED) is 0.602. The van der Waals surface area contributed by atoms with Gasteiger partial charge in [-0.1, -0.05) is 62.2 Å². The SMILES string of the molecule is C=CC1=C(C=C)[C@H](c2ccccc2)N(NC(C)CC(=C)NC(=O)OC(C)(C)C)CC1. The van der Waals surface area contributed by atoms with Gasteiger partial charge in [-0.05, 0) is 50.8 Å². The lowest BCUT2D eigenvalue weighted by molar-refractivity contribution is 0.0541. The van der Waals surface area contributed by atoms with Crippen molar-refractivity contribution in [2.24, 2.45) is 0 Å². The van der Waals surface area contributed by atoms with Crippen LogP contribution in [0, 0.1) is 0 Å². The number of hydrogen-bond donors (Lipinski definition) is 2. The molecule has 5 nitrogen and oxygen atoms in total. The molecule has 1 aliphatic rings. The second-order valence-electron chi connectivity index (χ2n) is 8.61. The summed E-state index contributed by atoms with van der Waals surface area (Å²) in [5, 5.41) is 4.97. The summed E-state index contributed by atoms with van der Waals surface area (Å²) in [7, 11) is 0. The van der Waals surface area contributed by atoms with E-state index in [0.717, 1.165) is 18.5 Å². The van der Waals surface area contributed by atoms with Crippen molar-refractivity contribution in [3.05, 3.63) is 84.6 Å². The van der Waals surface area contributed by atoms with E-state index < -0.39 is 11.7 Å². The minimum Gasteiger partial charge on any atom is -0.444 e. The van der Waals surface area contributed by atoms with Crippen LogP contribution in [0.2, 0.25) is 0 Å². The molecule has 1 aromatic carbocycles. The number of hydrazine groups is 1. The summed E-state index contributed by atoms with van der Waals surface area (Å²) in [6.45, 7) is 20.4. The molecule has 0 saturated heterocycles. The Morgan fingerprint density at radius 3 is 2.50 bits per heavy atom. The van der Waals surface area contributed by atoms with Gasteiger partial charge in [0.05, 0.1) is 6.04 Å². The van der Waals surface area contributed by atoms with Crippen molar-refractivity contribution < 1.29 is 9.53 Å². The number of carbonyl (C=O) groups is 1. The van der Waals surface area contributed by atoms with Gasteiger partial charge in [-0.3, -0.25) is 10.7 Å². The van der Waals surface area contributed by atoms with Crippen LogP contribution in [0.15, 0.2) is 79.1 Å². The van der Waals surface area contributed by atoms with E-state index in [1.165, 1.54) is 11.1 Å². The van der Waals surface area contributed by atoms with Gasteiger partial charge in [0.1, 0.15) is 5.60 Å². The van der Waals surface area contributed by atoms with Crippen LogP contribution in [0.4, 0.5) is 4.79 Å². The Morgan fingerprint density at radius 1 is 1.27 bits per heavy atom. The largest absolute Gasteiger partial charge is 0.444 e. The summed E-state index contributed by atoms with van der Waals surface area (Å²) >= 11 is 0. The van der Waals surface area contributed by atoms with Gasteiger partial charge in [-0.2, -0.15) is 0 Å². The maximum atomic E-state index is 12.0. The molecule has 0 bridgehead atoms. The van der Waals surface area contributed by atoms with Crippen LogP contribution in [0.5, 0.6) is 0 Å². The lowest BCUT2D eigenvalue weighted by Gasteiger charge is -2.40. The summed E-state index contributed by atoms with van der Waals surface area (Å²) in [6, 6.07) is 10.5. The Labute approximate surface area is 181 Å². The summed E-state index contributed by atoms with van der Waals surface area (Å²) < 4.78 is 5.30. The monoisotopic (exact) mass is 409 g/mol. The average Bonchev–Trinajstić information content (AvgIpc) is 2.66. The highest BCUT2D eigenvalue weighted by Gasteiger charge is 2.29. The first-order valence-electron chi connectivity index (χ1n) is 10.4. The van der Waals surface area contributed by atoms with E-state index in [2.05, 4.69) is 54.5 Å². The molecule has 162 valence electrons. The Hall–Kier alpha value is -2.63. The van der Waals surface area contributed by atoms with Crippen molar-refractivity contribution in [2.45, 2.75) is 58.2 Å². The molecule has 5 heteroatoms. The number of ether oxygens (including phenoxy) is 1. The molecule has 0 fully saturated rings. The summed E-state index contributed by atoms with van der Waals surface area (Å²) in [5.41, 5.74) is 7.24. The zero-order valence-corrected chi connectivity index (χ0v) is 18.7. The smallest absolute Gasteiger partial charge is 0.411 e. The highest BCUT2D eigenvalue weighted by Crippen LogP contribution is 2.35. The molecule has 1 aliphatic heterocycles. The first-order chi connectivity index (χ1) is 14.1. The molecule has 2 atom stereocenters. The van der Waals surface area contributed by atoms with E-state index in [1.807, 2.05) is 51.1 Å². The highest BCUT2D eigenvalue weighted by molar-refractivity contribution is 5.69. The summed E-state index contributed by atoms with van der Waals surface area (Å²) in [4.78, 5) is 12.0. The predicted molar refractivity (Wildman–Crippen MR) is 124 cm³/mol. The van der Waals surface area contributed by atoms with E-state index >= 15 is 0 Å². The highest BCUT2D eigenvalue weighted by atomic mass is 16.6. The van der Waals surface area contributed by atoms with Gasteiger partial charge in [0.15, 0.2) is 0 Å². The molecule has 30 heavy (non-hydrogen) atoms. The third-order valence-corrected chi connectivity index (χ3v) is 4.80. The second-order valence-corrected chi connectivity index (χ2v) is 8.61. The molecule has 1 heterocycles. The molecular weight excluding hydrogens is 374 g/mol. The van der Waals surface area contributed by atoms with Crippen molar-refractivity contribution in [3.63, 3.8) is 0 Å². The Morgan fingerprint density at radius 2 is 1.93 bits per heavy atom. The number of rotatable bonds is 8. The van der Waals surface area contributed by atoms with Crippen LogP contribution in [0.3, 0.4) is 0 Å². The Kier molecular flexibility index (Phi) is 8.21. The number of hydrogen-bond acceptors (Lipinski definition) is 4. The molecular formula is C25H35N3O2. The number of alkyl carbamates (subject to hydrolysis) is 1. The van der Waals surface area contributed by atoms with Crippen molar-refractivity contribution in [2.75, 3.05) is 6.54 Å². The van der Waals surface area contributed by atoms with Crippen LogP contribution < -0.4 is 10.7 Å². The predicted octanol–water partition coefficient (Wildman–Crippen LogP) is 5.42. The standard InChI is InChI=1S/C25H35N3O2/c1-8-20-15-16-28(23(22(20)9-2)21-13-11-10-12-14-21)27-19(4)17-18(3)26-24(29)30-25(5,6)7/h8-14,19,23,27H,1-3,15-17H2,4-7H3,(H,26,29)/t19?,23-/m0/s1. The summed E-state index contributed by atoms with van der Waals surface area (Å²) in [6.07, 6.45) is 4.85. The maximum absolute atomic E-state index is 12.0. The van der Waals surface area contributed by atoms with Crippen molar-refractivity contribution in [1.82, 2.24) is 15.8 Å². The molecule has 1 unspecified atom stereocenters. The molecule has 0 aliphatic carbocycles. The zero-order chi connectivity index (χ0) is 22.3. The first kappa shape index (κ1) is 23.6. The van der Waals surface area contributed by atoms with E-state index in [-0.39, 0.29) is 12.1 Å². The second kappa shape index (κ2) is 10.4. The molecule has 2 rings (SSSR count). The normalized spacial score (nSPS) is 18.5. The summed E-state index contributed by atoms with van der Waals surface area (Å²) in [5.74, 6) is 0. The number of nitrogens with one attached hydrogen (secondary N) is 2. The fraction of sp³-hybridized carbons (Fsp3) is 0.400. The molecule has 0 radical (unpaired) electrons. The van der Waals surface area contributed by atoms with Gasteiger partial charge >= 0.3 is 6.09 Å². The molecule has 0 spiro atoms. The number of nitrogens with zero attached hydrogens (tertiary/aromatic N) is 1. The number of amides is 1. The van der Waals surface area contributed by atoms with Crippen LogP contribution in [0.25, 0.3) is 0 Å². The van der Waals surface area contributed by atoms with Crippen molar-refractivity contribution >= 4 is 6.09 Å². The van der Waals surface area contributed by atoms with Gasteiger partial charge in [0.2, 0.25) is 0 Å². The van der Waals surface area contributed by atoms with Gasteiger partial charge in [-0.15, -0.1) is 0 Å². The van der Waals surface area contributed by atoms with Gasteiger partial charge in [0.25, 0.3) is 0 Å². The molecule has 2 N–H and O–H groups in total. The zero-order valence-electron chi connectivity index (χ0n) is 18.7. The topological polar surface area (TPSA) is 53.6 Å². The first-order valence-corrected chi connectivity index (χ1v) is 10.4. The van der Waals surface area contributed by atoms with Crippen molar-refractivity contribution in [3.8, 4) is 0 Å². The van der Waals surface area contributed by atoms with Crippen LogP contribution in [-0.4, -0.2) is 29.3 Å². The number of benzene rings is 1.